The molecule has 0 atom stereocenters. The van der Waals surface area contributed by atoms with Gasteiger partial charge in [-0.1, -0.05) is 18.2 Å². The summed E-state index contributed by atoms with van der Waals surface area (Å²) in [5.74, 6) is 0.0607. The molecule has 1 rings (SSSR count). The summed E-state index contributed by atoms with van der Waals surface area (Å²) < 4.78 is 0. The molecule has 0 heterocycles. The second kappa shape index (κ2) is 4.99. The minimum absolute atomic E-state index is 0. The first kappa shape index (κ1) is 11.2. The molecule has 0 unspecified atom stereocenters. The van der Waals surface area contributed by atoms with Gasteiger partial charge in [-0.3, -0.25) is 4.79 Å². The first-order valence-electron chi connectivity index (χ1n) is 3.01. The SMILES string of the molecule is CC(=O)c1ccccc1S.[Na+]. The molecule has 0 fully saturated rings. The van der Waals surface area contributed by atoms with Crippen LogP contribution in [0.3, 0.4) is 0 Å². The maximum Gasteiger partial charge on any atom is 1.00 e. The van der Waals surface area contributed by atoms with Crippen molar-refractivity contribution in [3.63, 3.8) is 0 Å². The van der Waals surface area contributed by atoms with Gasteiger partial charge in [0.15, 0.2) is 5.78 Å². The first-order valence-corrected chi connectivity index (χ1v) is 3.45. The van der Waals surface area contributed by atoms with Gasteiger partial charge in [0.1, 0.15) is 0 Å². The molecular weight excluding hydrogens is 167 g/mol. The molecule has 3 heteroatoms. The van der Waals surface area contributed by atoms with Gasteiger partial charge >= 0.3 is 29.6 Å². The molecule has 1 aromatic rings. The summed E-state index contributed by atoms with van der Waals surface area (Å²) in [6, 6.07) is 7.26. The Balaban J connectivity index is 0.000001000. The number of hydrogen-bond acceptors (Lipinski definition) is 2. The summed E-state index contributed by atoms with van der Waals surface area (Å²) in [7, 11) is 0. The van der Waals surface area contributed by atoms with Gasteiger partial charge in [-0.2, -0.15) is 0 Å². The molecular formula is C8H8NaOS+. The third kappa shape index (κ3) is 2.99. The van der Waals surface area contributed by atoms with Crippen LogP contribution in [0.25, 0.3) is 0 Å². The maximum absolute atomic E-state index is 10.8. The van der Waals surface area contributed by atoms with Gasteiger partial charge in [0, 0.05) is 10.5 Å². The fourth-order valence-corrected chi connectivity index (χ4v) is 1.09. The number of rotatable bonds is 1. The van der Waals surface area contributed by atoms with E-state index in [-0.39, 0.29) is 35.3 Å². The van der Waals surface area contributed by atoms with Gasteiger partial charge in [-0.25, -0.2) is 0 Å². The molecule has 1 aromatic carbocycles. The molecule has 0 aliphatic heterocycles. The zero-order valence-corrected chi connectivity index (χ0v) is 9.56. The molecule has 52 valence electrons. The summed E-state index contributed by atoms with van der Waals surface area (Å²) in [5, 5.41) is 0. The first-order chi connectivity index (χ1) is 4.72. The second-order valence-corrected chi connectivity index (χ2v) is 2.56. The molecule has 11 heavy (non-hydrogen) atoms. The summed E-state index contributed by atoms with van der Waals surface area (Å²) in [5.41, 5.74) is 0.686. The Morgan fingerprint density at radius 2 is 1.91 bits per heavy atom. The fraction of sp³-hybridized carbons (Fsp3) is 0.125. The number of carbonyl (C=O) groups excluding carboxylic acids is 1. The third-order valence-electron chi connectivity index (χ3n) is 1.28. The van der Waals surface area contributed by atoms with Crippen LogP contribution < -0.4 is 29.6 Å². The van der Waals surface area contributed by atoms with Crippen LogP contribution in [-0.2, 0) is 0 Å². The van der Waals surface area contributed by atoms with Gasteiger partial charge in [0.25, 0.3) is 0 Å². The van der Waals surface area contributed by atoms with E-state index >= 15 is 0 Å². The van der Waals surface area contributed by atoms with E-state index in [1.165, 1.54) is 6.92 Å². The van der Waals surface area contributed by atoms with Crippen molar-refractivity contribution in [1.82, 2.24) is 0 Å². The van der Waals surface area contributed by atoms with Crippen LogP contribution in [0.5, 0.6) is 0 Å². The van der Waals surface area contributed by atoms with Crippen LogP contribution in [0.1, 0.15) is 17.3 Å². The van der Waals surface area contributed by atoms with E-state index < -0.39 is 0 Å². The molecule has 0 radical (unpaired) electrons. The molecule has 0 saturated heterocycles. The number of benzene rings is 1. The Bertz CT molecular complexity index is 260. The van der Waals surface area contributed by atoms with Gasteiger partial charge < -0.3 is 0 Å². The van der Waals surface area contributed by atoms with Crippen LogP contribution in [0.2, 0.25) is 0 Å². The van der Waals surface area contributed by atoms with Crippen molar-refractivity contribution in [1.29, 1.82) is 0 Å². The van der Waals surface area contributed by atoms with E-state index in [0.29, 0.717) is 5.56 Å². The Morgan fingerprint density at radius 1 is 1.36 bits per heavy atom. The minimum Gasteiger partial charge on any atom is -0.294 e. The topological polar surface area (TPSA) is 17.1 Å². The monoisotopic (exact) mass is 175 g/mol. The van der Waals surface area contributed by atoms with Crippen molar-refractivity contribution >= 4 is 18.4 Å². The largest absolute Gasteiger partial charge is 1.00 e. The van der Waals surface area contributed by atoms with Crippen molar-refractivity contribution < 1.29 is 34.4 Å². The van der Waals surface area contributed by atoms with E-state index in [4.69, 9.17) is 0 Å². The predicted octanol–water partition coefficient (Wildman–Crippen LogP) is -0.818. The van der Waals surface area contributed by atoms with Crippen LogP contribution >= 0.6 is 12.6 Å². The zero-order valence-electron chi connectivity index (χ0n) is 6.66. The van der Waals surface area contributed by atoms with Crippen molar-refractivity contribution in [3.05, 3.63) is 29.8 Å². The van der Waals surface area contributed by atoms with Gasteiger partial charge in [0.05, 0.1) is 0 Å². The van der Waals surface area contributed by atoms with E-state index in [1.807, 2.05) is 12.1 Å². The average molecular weight is 175 g/mol. The van der Waals surface area contributed by atoms with E-state index in [2.05, 4.69) is 12.6 Å². The Morgan fingerprint density at radius 3 is 2.27 bits per heavy atom. The molecule has 1 nitrogen and oxygen atoms in total. The Labute approximate surface area is 93.9 Å². The second-order valence-electron chi connectivity index (χ2n) is 2.07. The van der Waals surface area contributed by atoms with Crippen LogP contribution in [-0.4, -0.2) is 5.78 Å². The van der Waals surface area contributed by atoms with Crippen molar-refractivity contribution in [2.75, 3.05) is 0 Å². The van der Waals surface area contributed by atoms with E-state index in [9.17, 15) is 4.79 Å². The molecule has 0 aromatic heterocycles. The molecule has 0 amide bonds. The molecule has 0 saturated carbocycles. The van der Waals surface area contributed by atoms with Gasteiger partial charge in [-0.05, 0) is 13.0 Å². The van der Waals surface area contributed by atoms with Crippen LogP contribution in [0.15, 0.2) is 29.2 Å². The Kier molecular flexibility index (Phi) is 5.10. The van der Waals surface area contributed by atoms with Gasteiger partial charge in [0.2, 0.25) is 0 Å². The average Bonchev–Trinajstić information content (AvgIpc) is 1.88. The smallest absolute Gasteiger partial charge is 0.294 e. The van der Waals surface area contributed by atoms with Crippen molar-refractivity contribution in [2.45, 2.75) is 11.8 Å². The summed E-state index contributed by atoms with van der Waals surface area (Å²) in [6.45, 7) is 1.54. The third-order valence-corrected chi connectivity index (χ3v) is 1.67. The number of Topliss-reactive ketones (excluding diaryl/α,β-unsaturated/α-hetero) is 1. The molecule has 0 aliphatic rings. The van der Waals surface area contributed by atoms with Crippen LogP contribution in [0, 0.1) is 0 Å². The Hall–Kier alpha value is 0.240. The molecule has 0 N–H and O–H groups in total. The number of carbonyl (C=O) groups is 1. The predicted molar refractivity (Wildman–Crippen MR) is 43.7 cm³/mol. The zero-order chi connectivity index (χ0) is 7.56. The molecule has 0 bridgehead atoms. The standard InChI is InChI=1S/C8H8OS.Na/c1-6(9)7-4-2-3-5-8(7)10;/h2-5,10H,1H3;/q;+1. The van der Waals surface area contributed by atoms with Crippen molar-refractivity contribution in [2.24, 2.45) is 0 Å². The minimum atomic E-state index is 0. The molecule has 0 aliphatic carbocycles. The van der Waals surface area contributed by atoms with E-state index in [1.54, 1.807) is 12.1 Å². The fourth-order valence-electron chi connectivity index (χ4n) is 0.771. The summed E-state index contributed by atoms with van der Waals surface area (Å²) >= 11 is 4.12. The van der Waals surface area contributed by atoms with E-state index in [0.717, 1.165) is 4.90 Å². The van der Waals surface area contributed by atoms with Gasteiger partial charge in [-0.15, -0.1) is 12.6 Å². The number of hydrogen-bond donors (Lipinski definition) is 1. The normalized spacial score (nSPS) is 8.55. The summed E-state index contributed by atoms with van der Waals surface area (Å²) in [4.78, 5) is 11.6. The van der Waals surface area contributed by atoms with Crippen molar-refractivity contribution in [3.8, 4) is 0 Å². The number of ketones is 1. The number of thiol groups is 1. The quantitative estimate of drug-likeness (QED) is 0.335. The summed E-state index contributed by atoms with van der Waals surface area (Å²) in [6.07, 6.45) is 0. The van der Waals surface area contributed by atoms with Crippen LogP contribution in [0.4, 0.5) is 0 Å². The molecule has 0 spiro atoms. The maximum atomic E-state index is 10.8.